The van der Waals surface area contributed by atoms with Gasteiger partial charge < -0.3 is 0 Å². The van der Waals surface area contributed by atoms with E-state index in [-0.39, 0.29) is 0 Å². The number of hydrogen-bond donors (Lipinski definition) is 0. The molecular weight excluding hydrogens is 238 g/mol. The van der Waals surface area contributed by atoms with E-state index in [9.17, 15) is 0 Å². The van der Waals surface area contributed by atoms with Crippen LogP contribution in [0.4, 0.5) is 0 Å². The highest BCUT2D eigenvalue weighted by molar-refractivity contribution is 9.08. The zero-order chi connectivity index (χ0) is 10.6. The molecule has 1 aromatic rings. The lowest BCUT2D eigenvalue weighted by molar-refractivity contribution is 0.785. The van der Waals surface area contributed by atoms with E-state index in [0.717, 1.165) is 18.2 Å². The summed E-state index contributed by atoms with van der Waals surface area (Å²) in [4.78, 5) is 4.70. The van der Waals surface area contributed by atoms with Crippen LogP contribution < -0.4 is 0 Å². The number of aromatic nitrogens is 1. The molecule has 1 aromatic heterocycles. The van der Waals surface area contributed by atoms with Gasteiger partial charge in [-0.3, -0.25) is 4.98 Å². The normalized spacial score (nSPS) is 10.9. The van der Waals surface area contributed by atoms with Crippen LogP contribution in [0, 0.1) is 0 Å². The molecule has 0 N–H and O–H groups in total. The van der Waals surface area contributed by atoms with Crippen molar-refractivity contribution < 1.29 is 0 Å². The average Bonchev–Trinajstić information content (AvgIpc) is 2.18. The number of hydrogen-bond acceptors (Lipinski definition) is 1. The first-order valence-electron chi connectivity index (χ1n) is 5.23. The average molecular weight is 256 g/mol. The number of aryl methyl sites for hydroxylation is 1. The topological polar surface area (TPSA) is 12.9 Å². The van der Waals surface area contributed by atoms with Crippen molar-refractivity contribution in [2.75, 3.05) is 0 Å². The minimum absolute atomic E-state index is 0.523. The molecule has 0 radical (unpaired) electrons. The molecule has 1 rings (SSSR count). The highest BCUT2D eigenvalue weighted by Crippen LogP contribution is 2.18. The lowest BCUT2D eigenvalue weighted by atomic mass is 10.1. The summed E-state index contributed by atoms with van der Waals surface area (Å²) in [7, 11) is 0. The van der Waals surface area contributed by atoms with Gasteiger partial charge in [0, 0.05) is 16.7 Å². The molecule has 78 valence electrons. The molecule has 0 unspecified atom stereocenters. The van der Waals surface area contributed by atoms with Crippen LogP contribution in [0.2, 0.25) is 0 Å². The van der Waals surface area contributed by atoms with E-state index in [1.54, 1.807) is 0 Å². The fourth-order valence-electron chi connectivity index (χ4n) is 1.44. The van der Waals surface area contributed by atoms with E-state index in [1.807, 2.05) is 0 Å². The van der Waals surface area contributed by atoms with E-state index in [4.69, 9.17) is 4.98 Å². The Morgan fingerprint density at radius 2 is 2.07 bits per heavy atom. The van der Waals surface area contributed by atoms with Crippen molar-refractivity contribution in [3.05, 3.63) is 29.1 Å². The van der Waals surface area contributed by atoms with Gasteiger partial charge in [-0.25, -0.2) is 0 Å². The summed E-state index contributed by atoms with van der Waals surface area (Å²) in [5.41, 5.74) is 3.80. The summed E-state index contributed by atoms with van der Waals surface area (Å²) in [6.45, 7) is 6.57. The molecule has 0 aromatic carbocycles. The molecule has 0 saturated heterocycles. The molecule has 0 bridgehead atoms. The van der Waals surface area contributed by atoms with Gasteiger partial charge in [-0.2, -0.15) is 0 Å². The van der Waals surface area contributed by atoms with E-state index in [1.165, 1.54) is 17.0 Å². The third-order valence-corrected chi connectivity index (χ3v) is 2.92. The Kier molecular flexibility index (Phi) is 4.59. The van der Waals surface area contributed by atoms with Crippen molar-refractivity contribution in [2.45, 2.75) is 44.9 Å². The Morgan fingerprint density at radius 3 is 2.57 bits per heavy atom. The maximum absolute atomic E-state index is 4.70. The second kappa shape index (κ2) is 5.50. The molecule has 0 aliphatic heterocycles. The summed E-state index contributed by atoms with van der Waals surface area (Å²) < 4.78 is 0. The van der Waals surface area contributed by atoms with E-state index < -0.39 is 0 Å². The molecular formula is C12H18BrN. The van der Waals surface area contributed by atoms with Crippen LogP contribution in [0.15, 0.2) is 12.1 Å². The maximum atomic E-state index is 4.70. The predicted molar refractivity (Wildman–Crippen MR) is 65.0 cm³/mol. The van der Waals surface area contributed by atoms with Gasteiger partial charge in [-0.1, -0.05) is 49.2 Å². The van der Waals surface area contributed by atoms with Gasteiger partial charge in [0.1, 0.15) is 0 Å². The fourth-order valence-corrected chi connectivity index (χ4v) is 1.95. The van der Waals surface area contributed by atoms with Crippen molar-refractivity contribution in [3.63, 3.8) is 0 Å². The van der Waals surface area contributed by atoms with Crippen molar-refractivity contribution in [2.24, 2.45) is 0 Å². The summed E-state index contributed by atoms with van der Waals surface area (Å²) >= 11 is 3.50. The third-order valence-electron chi connectivity index (χ3n) is 2.31. The van der Waals surface area contributed by atoms with Crippen LogP contribution in [0.1, 0.15) is 50.1 Å². The molecule has 0 fully saturated rings. The lowest BCUT2D eigenvalue weighted by Gasteiger charge is -2.10. The van der Waals surface area contributed by atoms with Gasteiger partial charge in [-0.05, 0) is 24.0 Å². The number of nitrogens with zero attached hydrogens (tertiary/aromatic N) is 1. The molecule has 0 spiro atoms. The molecule has 0 atom stereocenters. The zero-order valence-electron chi connectivity index (χ0n) is 9.18. The quantitative estimate of drug-likeness (QED) is 0.740. The number of halogens is 1. The minimum atomic E-state index is 0.523. The largest absolute Gasteiger partial charge is 0.257 e. The summed E-state index contributed by atoms with van der Waals surface area (Å²) in [5.74, 6) is 0.523. The smallest absolute Gasteiger partial charge is 0.0447 e. The Balaban J connectivity index is 3.01. The van der Waals surface area contributed by atoms with Gasteiger partial charge in [0.15, 0.2) is 0 Å². The molecule has 0 saturated carbocycles. The van der Waals surface area contributed by atoms with Crippen LogP contribution in [-0.2, 0) is 11.8 Å². The van der Waals surface area contributed by atoms with Crippen LogP contribution in [-0.4, -0.2) is 4.98 Å². The fraction of sp³-hybridized carbons (Fsp3) is 0.583. The van der Waals surface area contributed by atoms with E-state index >= 15 is 0 Å². The Hall–Kier alpha value is -0.370. The molecule has 14 heavy (non-hydrogen) atoms. The Morgan fingerprint density at radius 1 is 1.36 bits per heavy atom. The van der Waals surface area contributed by atoms with Crippen LogP contribution >= 0.6 is 15.9 Å². The van der Waals surface area contributed by atoms with Gasteiger partial charge >= 0.3 is 0 Å². The first-order valence-corrected chi connectivity index (χ1v) is 6.35. The number of pyridine rings is 1. The molecule has 0 aliphatic rings. The maximum Gasteiger partial charge on any atom is 0.0447 e. The highest BCUT2D eigenvalue weighted by atomic mass is 79.9. The minimum Gasteiger partial charge on any atom is -0.257 e. The molecule has 1 heterocycles. The zero-order valence-corrected chi connectivity index (χ0v) is 10.8. The van der Waals surface area contributed by atoms with Crippen molar-refractivity contribution in [3.8, 4) is 0 Å². The lowest BCUT2D eigenvalue weighted by Crippen LogP contribution is -2.01. The third kappa shape index (κ3) is 2.81. The molecule has 0 amide bonds. The monoisotopic (exact) mass is 255 g/mol. The van der Waals surface area contributed by atoms with Gasteiger partial charge in [0.05, 0.1) is 0 Å². The summed E-state index contributed by atoms with van der Waals surface area (Å²) in [6, 6.07) is 4.34. The predicted octanol–water partition coefficient (Wildman–Crippen LogP) is 4.05. The standard InChI is InChI=1S/C12H18BrN/c1-4-5-12-10(8-13)6-7-11(14-12)9(2)3/h6-7,9H,4-5,8H2,1-3H3. The van der Waals surface area contributed by atoms with Crippen LogP contribution in [0.25, 0.3) is 0 Å². The summed E-state index contributed by atoms with van der Waals surface area (Å²) in [6.07, 6.45) is 2.25. The molecule has 1 nitrogen and oxygen atoms in total. The highest BCUT2D eigenvalue weighted by Gasteiger charge is 2.06. The van der Waals surface area contributed by atoms with Crippen LogP contribution in [0.5, 0.6) is 0 Å². The molecule has 0 aliphatic carbocycles. The molecule has 2 heteroatoms. The number of alkyl halides is 1. The van der Waals surface area contributed by atoms with Gasteiger partial charge in [-0.15, -0.1) is 0 Å². The van der Waals surface area contributed by atoms with E-state index in [2.05, 4.69) is 48.8 Å². The van der Waals surface area contributed by atoms with Gasteiger partial charge in [0.25, 0.3) is 0 Å². The second-order valence-electron chi connectivity index (χ2n) is 3.88. The SMILES string of the molecule is CCCc1nc(C(C)C)ccc1CBr. The first-order chi connectivity index (χ1) is 6.69. The summed E-state index contributed by atoms with van der Waals surface area (Å²) in [5, 5.41) is 0.910. The van der Waals surface area contributed by atoms with Gasteiger partial charge in [0.2, 0.25) is 0 Å². The van der Waals surface area contributed by atoms with Crippen LogP contribution in [0.3, 0.4) is 0 Å². The van der Waals surface area contributed by atoms with Crippen molar-refractivity contribution in [1.82, 2.24) is 4.98 Å². The Labute approximate surface area is 95.1 Å². The van der Waals surface area contributed by atoms with Crippen molar-refractivity contribution >= 4 is 15.9 Å². The first kappa shape index (κ1) is 11.7. The van der Waals surface area contributed by atoms with E-state index in [0.29, 0.717) is 5.92 Å². The van der Waals surface area contributed by atoms with Crippen molar-refractivity contribution in [1.29, 1.82) is 0 Å². The second-order valence-corrected chi connectivity index (χ2v) is 4.44. The Bertz CT molecular complexity index is 294. The number of rotatable bonds is 4.